The van der Waals surface area contributed by atoms with Gasteiger partial charge in [-0.2, -0.15) is 0 Å². The van der Waals surface area contributed by atoms with Crippen molar-refractivity contribution < 1.29 is 0 Å². The molecule has 12 heavy (non-hydrogen) atoms. The Labute approximate surface area is 74.3 Å². The number of hydrogen-bond acceptors (Lipinski definition) is 6. The Morgan fingerprint density at radius 3 is 2.67 bits per heavy atom. The van der Waals surface area contributed by atoms with Gasteiger partial charge in [-0.25, -0.2) is 15.0 Å². The average Bonchev–Trinajstić information content (AvgIpc) is 2.05. The molecule has 0 radical (unpaired) electrons. The van der Waals surface area contributed by atoms with Gasteiger partial charge in [0.25, 0.3) is 0 Å². The first kappa shape index (κ1) is 8.79. The average molecular weight is 183 g/mol. The lowest BCUT2D eigenvalue weighted by atomic mass is 10.6. The maximum atomic E-state index is 5.23. The summed E-state index contributed by atoms with van der Waals surface area (Å²) in [6.07, 6.45) is 4.60. The lowest BCUT2D eigenvalue weighted by molar-refractivity contribution is 0.903. The second kappa shape index (κ2) is 4.55. The van der Waals surface area contributed by atoms with Gasteiger partial charge in [0.1, 0.15) is 12.7 Å². The van der Waals surface area contributed by atoms with E-state index in [9.17, 15) is 0 Å². The third-order valence-electron chi connectivity index (χ3n) is 1.00. The Morgan fingerprint density at radius 1 is 1.42 bits per heavy atom. The highest BCUT2D eigenvalue weighted by molar-refractivity contribution is 7.99. The van der Waals surface area contributed by atoms with Crippen molar-refractivity contribution in [3.05, 3.63) is 24.6 Å². The molecular formula is C6H9N5S. The van der Waals surface area contributed by atoms with Gasteiger partial charge in [0.15, 0.2) is 5.16 Å². The van der Waals surface area contributed by atoms with Crippen LogP contribution in [-0.2, 0) is 0 Å². The van der Waals surface area contributed by atoms with Crippen molar-refractivity contribution in [2.24, 2.45) is 11.5 Å². The van der Waals surface area contributed by atoms with Crippen LogP contribution in [0.25, 0.3) is 0 Å². The molecule has 1 heterocycles. The summed E-state index contributed by atoms with van der Waals surface area (Å²) in [6.45, 7) is 0. The number of nitrogens with two attached hydrogens (primary N) is 2. The van der Waals surface area contributed by atoms with E-state index in [2.05, 4.69) is 15.0 Å². The molecule has 1 aromatic rings. The Morgan fingerprint density at radius 2 is 2.08 bits per heavy atom. The van der Waals surface area contributed by atoms with Crippen LogP contribution in [0.3, 0.4) is 0 Å². The number of rotatable bonds is 3. The summed E-state index contributed by atoms with van der Waals surface area (Å²) < 4.78 is 0. The Kier molecular flexibility index (Phi) is 3.34. The summed E-state index contributed by atoms with van der Waals surface area (Å²) in [5.74, 6) is 0.989. The third-order valence-corrected chi connectivity index (χ3v) is 1.80. The van der Waals surface area contributed by atoms with Gasteiger partial charge in [0.05, 0.1) is 5.82 Å². The van der Waals surface area contributed by atoms with Gasteiger partial charge in [-0.15, -0.1) is 0 Å². The van der Waals surface area contributed by atoms with Crippen LogP contribution in [0.1, 0.15) is 0 Å². The van der Waals surface area contributed by atoms with Gasteiger partial charge >= 0.3 is 0 Å². The van der Waals surface area contributed by atoms with Crippen LogP contribution in [0.5, 0.6) is 0 Å². The number of thioether (sulfide) groups is 1. The highest BCUT2D eigenvalue weighted by atomic mass is 32.2. The number of aromatic nitrogens is 3. The van der Waals surface area contributed by atoms with E-state index in [1.165, 1.54) is 24.4 Å². The topological polar surface area (TPSA) is 90.7 Å². The minimum Gasteiger partial charge on any atom is -0.386 e. The summed E-state index contributed by atoms with van der Waals surface area (Å²) in [4.78, 5) is 11.5. The Hall–Kier alpha value is -1.30. The van der Waals surface area contributed by atoms with Crippen LogP contribution in [0.4, 0.5) is 0 Å². The van der Waals surface area contributed by atoms with E-state index in [4.69, 9.17) is 11.5 Å². The van der Waals surface area contributed by atoms with Crippen LogP contribution >= 0.6 is 11.8 Å². The molecule has 1 rings (SSSR count). The van der Waals surface area contributed by atoms with E-state index in [0.29, 0.717) is 16.7 Å². The lowest BCUT2D eigenvalue weighted by Crippen LogP contribution is -2.07. The second-order valence-electron chi connectivity index (χ2n) is 1.94. The van der Waals surface area contributed by atoms with Crippen molar-refractivity contribution in [3.63, 3.8) is 0 Å². The molecule has 0 amide bonds. The zero-order chi connectivity index (χ0) is 8.81. The maximum Gasteiger partial charge on any atom is 0.190 e. The Bertz CT molecular complexity index is 256. The molecule has 0 bridgehead atoms. The van der Waals surface area contributed by atoms with E-state index >= 15 is 0 Å². The van der Waals surface area contributed by atoms with Gasteiger partial charge < -0.3 is 11.5 Å². The van der Waals surface area contributed by atoms with Gasteiger partial charge in [-0.1, -0.05) is 11.8 Å². The number of hydrogen-bond donors (Lipinski definition) is 2. The minimum atomic E-state index is 0.316. The summed E-state index contributed by atoms with van der Waals surface area (Å²) in [6, 6.07) is 0. The molecule has 1 aromatic heterocycles. The summed E-state index contributed by atoms with van der Waals surface area (Å²) in [5, 5.41) is 0.669. The van der Waals surface area contributed by atoms with Crippen molar-refractivity contribution in [1.29, 1.82) is 0 Å². The summed E-state index contributed by atoms with van der Waals surface area (Å²) in [7, 11) is 0. The standard InChI is InChI=1S/C6H9N5S/c7-5(8)1-2-12-6-10-3-9-4-11-6/h1,3-4H,2,7-8H2. The SMILES string of the molecule is NC(N)=CCSc1ncncn1. The molecule has 0 saturated heterocycles. The van der Waals surface area contributed by atoms with Crippen molar-refractivity contribution in [2.45, 2.75) is 5.16 Å². The molecule has 0 atom stereocenters. The fourth-order valence-corrected chi connectivity index (χ4v) is 1.18. The molecule has 0 aliphatic rings. The maximum absolute atomic E-state index is 5.23. The van der Waals surface area contributed by atoms with E-state index in [1.54, 1.807) is 6.08 Å². The van der Waals surface area contributed by atoms with Crippen LogP contribution in [-0.4, -0.2) is 20.7 Å². The quantitative estimate of drug-likeness (QED) is 0.626. The molecule has 0 saturated carbocycles. The molecule has 0 aliphatic carbocycles. The molecular weight excluding hydrogens is 174 g/mol. The molecule has 0 unspecified atom stereocenters. The largest absolute Gasteiger partial charge is 0.386 e. The minimum absolute atomic E-state index is 0.316. The van der Waals surface area contributed by atoms with Crippen molar-refractivity contribution >= 4 is 11.8 Å². The zero-order valence-electron chi connectivity index (χ0n) is 6.34. The predicted octanol–water partition coefficient (Wildman–Crippen LogP) is -0.278. The fourth-order valence-electron chi connectivity index (χ4n) is 0.516. The van der Waals surface area contributed by atoms with Crippen LogP contribution in [0.15, 0.2) is 29.7 Å². The first-order chi connectivity index (χ1) is 5.79. The first-order valence-corrected chi connectivity index (χ1v) is 4.23. The molecule has 64 valence electrons. The zero-order valence-corrected chi connectivity index (χ0v) is 7.16. The van der Waals surface area contributed by atoms with E-state index in [0.717, 1.165) is 0 Å². The van der Waals surface area contributed by atoms with E-state index in [-0.39, 0.29) is 0 Å². The second-order valence-corrected chi connectivity index (χ2v) is 2.92. The van der Waals surface area contributed by atoms with Crippen molar-refractivity contribution in [1.82, 2.24) is 15.0 Å². The van der Waals surface area contributed by atoms with E-state index < -0.39 is 0 Å². The Balaban J connectivity index is 2.39. The monoisotopic (exact) mass is 183 g/mol. The molecule has 4 N–H and O–H groups in total. The molecule has 0 aliphatic heterocycles. The van der Waals surface area contributed by atoms with Crippen LogP contribution in [0, 0.1) is 0 Å². The molecule has 0 spiro atoms. The van der Waals surface area contributed by atoms with Crippen molar-refractivity contribution in [3.8, 4) is 0 Å². The summed E-state index contributed by atoms with van der Waals surface area (Å²) in [5.41, 5.74) is 10.5. The predicted molar refractivity (Wildman–Crippen MR) is 47.0 cm³/mol. The highest BCUT2D eigenvalue weighted by Gasteiger charge is 1.92. The summed E-state index contributed by atoms with van der Waals surface area (Å²) >= 11 is 1.45. The van der Waals surface area contributed by atoms with Gasteiger partial charge in [0, 0.05) is 5.75 Å². The molecule has 0 fully saturated rings. The third kappa shape index (κ3) is 3.20. The van der Waals surface area contributed by atoms with E-state index in [1.807, 2.05) is 0 Å². The normalized spacial score (nSPS) is 9.33. The molecule has 0 aromatic carbocycles. The first-order valence-electron chi connectivity index (χ1n) is 3.25. The van der Waals surface area contributed by atoms with Crippen LogP contribution in [0.2, 0.25) is 0 Å². The smallest absolute Gasteiger partial charge is 0.190 e. The van der Waals surface area contributed by atoms with Crippen molar-refractivity contribution in [2.75, 3.05) is 5.75 Å². The van der Waals surface area contributed by atoms with Gasteiger partial charge in [0.2, 0.25) is 0 Å². The molecule has 5 nitrogen and oxygen atoms in total. The van der Waals surface area contributed by atoms with Gasteiger partial charge in [-0.05, 0) is 6.08 Å². The van der Waals surface area contributed by atoms with Gasteiger partial charge in [-0.3, -0.25) is 0 Å². The molecule has 6 heteroatoms. The highest BCUT2D eigenvalue weighted by Crippen LogP contribution is 2.09. The number of nitrogens with zero attached hydrogens (tertiary/aromatic N) is 3. The lowest BCUT2D eigenvalue weighted by Gasteiger charge is -1.94. The van der Waals surface area contributed by atoms with Crippen LogP contribution < -0.4 is 11.5 Å². The fraction of sp³-hybridized carbons (Fsp3) is 0.167.